The summed E-state index contributed by atoms with van der Waals surface area (Å²) in [5, 5.41) is 13.3. The van der Waals surface area contributed by atoms with Gasteiger partial charge in [0.2, 0.25) is 9.84 Å². The van der Waals surface area contributed by atoms with Crippen LogP contribution in [0.4, 0.5) is 0 Å². The average Bonchev–Trinajstić information content (AvgIpc) is 2.71. The highest BCUT2D eigenvalue weighted by atomic mass is 32.2. The molecule has 0 fully saturated rings. The average molecular weight is 262 g/mol. The molecule has 0 aliphatic rings. The van der Waals surface area contributed by atoms with Crippen molar-refractivity contribution in [3.8, 4) is 0 Å². The number of nitrogens with zero attached hydrogens (tertiary/aromatic N) is 2. The summed E-state index contributed by atoms with van der Waals surface area (Å²) in [7, 11) is -1.29. The van der Waals surface area contributed by atoms with Crippen molar-refractivity contribution in [3.05, 3.63) is 16.8 Å². The summed E-state index contributed by atoms with van der Waals surface area (Å²) < 4.78 is 23.7. The highest BCUT2D eigenvalue weighted by Crippen LogP contribution is 2.16. The molecule has 1 N–H and O–H groups in total. The van der Waals surface area contributed by atoms with E-state index in [0.717, 1.165) is 4.90 Å². The first kappa shape index (κ1) is 12.7. The van der Waals surface area contributed by atoms with Crippen LogP contribution in [0, 0.1) is 0 Å². The second-order valence-corrected chi connectivity index (χ2v) is 5.71. The second-order valence-electron chi connectivity index (χ2n) is 3.07. The third-order valence-corrected chi connectivity index (χ3v) is 4.21. The van der Waals surface area contributed by atoms with Crippen molar-refractivity contribution in [1.82, 2.24) is 4.90 Å². The molecule has 6 nitrogen and oxygen atoms in total. The van der Waals surface area contributed by atoms with Crippen molar-refractivity contribution in [2.75, 3.05) is 14.1 Å². The van der Waals surface area contributed by atoms with Gasteiger partial charge >= 0.3 is 0 Å². The van der Waals surface area contributed by atoms with Crippen LogP contribution in [0.3, 0.4) is 0 Å². The minimum absolute atomic E-state index is 0.0551. The molecule has 0 aliphatic carbocycles. The first-order chi connectivity index (χ1) is 7.41. The van der Waals surface area contributed by atoms with Crippen molar-refractivity contribution in [2.24, 2.45) is 5.16 Å². The smallest absolute Gasteiger partial charge is 0.287 e. The van der Waals surface area contributed by atoms with Gasteiger partial charge in [-0.25, -0.2) is 8.42 Å². The molecule has 1 aromatic rings. The van der Waals surface area contributed by atoms with Crippen molar-refractivity contribution in [2.45, 2.75) is 4.90 Å². The standard InChI is InChI=1S/C8H10N2O4S2/c1-10(2)8(11)7(9-12)16(13,14)6-3-4-15-5-6/h3-5,12H,1-2H3. The Morgan fingerprint density at radius 2 is 2.12 bits per heavy atom. The highest BCUT2D eigenvalue weighted by Gasteiger charge is 2.31. The number of hydrogen-bond acceptors (Lipinski definition) is 6. The van der Waals surface area contributed by atoms with Crippen LogP contribution in [-0.4, -0.2) is 43.6 Å². The normalized spacial score (nSPS) is 12.5. The summed E-state index contributed by atoms with van der Waals surface area (Å²) in [4.78, 5) is 12.4. The lowest BCUT2D eigenvalue weighted by atomic mass is 10.6. The molecule has 8 heteroatoms. The van der Waals surface area contributed by atoms with Crippen molar-refractivity contribution in [3.63, 3.8) is 0 Å². The van der Waals surface area contributed by atoms with Crippen LogP contribution in [0.1, 0.15) is 0 Å². The van der Waals surface area contributed by atoms with Gasteiger partial charge in [-0.2, -0.15) is 11.3 Å². The number of rotatable bonds is 1. The van der Waals surface area contributed by atoms with E-state index in [2.05, 4.69) is 5.16 Å². The maximum absolute atomic E-state index is 11.8. The number of sulfone groups is 1. The Morgan fingerprint density at radius 3 is 2.50 bits per heavy atom. The first-order valence-corrected chi connectivity index (χ1v) is 6.55. The molecule has 88 valence electrons. The molecular formula is C8H10N2O4S2. The molecule has 0 aromatic carbocycles. The van der Waals surface area contributed by atoms with Gasteiger partial charge in [-0.1, -0.05) is 5.16 Å². The van der Waals surface area contributed by atoms with Gasteiger partial charge < -0.3 is 10.1 Å². The van der Waals surface area contributed by atoms with Gasteiger partial charge in [0.05, 0.1) is 4.90 Å². The van der Waals surface area contributed by atoms with E-state index >= 15 is 0 Å². The molecule has 0 atom stereocenters. The highest BCUT2D eigenvalue weighted by molar-refractivity contribution is 8.08. The lowest BCUT2D eigenvalue weighted by Crippen LogP contribution is -2.35. The summed E-state index contributed by atoms with van der Waals surface area (Å²) in [6.07, 6.45) is 0. The molecule has 1 aromatic heterocycles. The maximum Gasteiger partial charge on any atom is 0.287 e. The van der Waals surface area contributed by atoms with Crippen LogP contribution >= 0.6 is 11.3 Å². The first-order valence-electron chi connectivity index (χ1n) is 4.12. The third kappa shape index (κ3) is 2.22. The minimum Gasteiger partial charge on any atom is -0.410 e. The monoisotopic (exact) mass is 262 g/mol. The molecule has 1 heterocycles. The summed E-state index contributed by atoms with van der Waals surface area (Å²) in [5.74, 6) is -0.867. The largest absolute Gasteiger partial charge is 0.410 e. The van der Waals surface area contributed by atoms with E-state index in [9.17, 15) is 13.2 Å². The second kappa shape index (κ2) is 4.62. The fraction of sp³-hybridized carbons (Fsp3) is 0.250. The Bertz CT molecular complexity index is 502. The predicted octanol–water partition coefficient (Wildman–Crippen LogP) is 0.398. The van der Waals surface area contributed by atoms with Crippen LogP contribution in [0.2, 0.25) is 0 Å². The zero-order chi connectivity index (χ0) is 12.3. The minimum atomic E-state index is -4.03. The number of carbonyl (C=O) groups excluding carboxylic acids is 1. The Morgan fingerprint density at radius 1 is 1.50 bits per heavy atom. The van der Waals surface area contributed by atoms with Gasteiger partial charge in [0, 0.05) is 19.5 Å². The molecule has 0 radical (unpaired) electrons. The van der Waals surface area contributed by atoms with Gasteiger partial charge in [0.25, 0.3) is 11.0 Å². The SMILES string of the molecule is CN(C)C(=O)C(=NO)S(=O)(=O)c1ccsc1. The molecule has 0 aliphatic heterocycles. The topological polar surface area (TPSA) is 87.0 Å². The van der Waals surface area contributed by atoms with E-state index in [1.54, 1.807) is 5.38 Å². The van der Waals surface area contributed by atoms with Crippen LogP contribution in [0.5, 0.6) is 0 Å². The Hall–Kier alpha value is -1.41. The molecule has 0 spiro atoms. The number of amides is 1. The van der Waals surface area contributed by atoms with Gasteiger partial charge in [0.15, 0.2) is 0 Å². The number of hydrogen-bond donors (Lipinski definition) is 1. The third-order valence-electron chi connectivity index (χ3n) is 1.74. The molecule has 16 heavy (non-hydrogen) atoms. The summed E-state index contributed by atoms with van der Waals surface area (Å²) in [6, 6.07) is 1.34. The molecule has 0 bridgehead atoms. The van der Waals surface area contributed by atoms with E-state index in [0.29, 0.717) is 0 Å². The lowest BCUT2D eigenvalue weighted by molar-refractivity contribution is -0.121. The maximum atomic E-state index is 11.8. The van der Waals surface area contributed by atoms with Crippen LogP contribution in [0.25, 0.3) is 0 Å². The Kier molecular flexibility index (Phi) is 3.66. The lowest BCUT2D eigenvalue weighted by Gasteiger charge is -2.10. The van der Waals surface area contributed by atoms with Crippen LogP contribution in [-0.2, 0) is 14.6 Å². The van der Waals surface area contributed by atoms with E-state index in [4.69, 9.17) is 5.21 Å². The summed E-state index contributed by atoms with van der Waals surface area (Å²) in [6.45, 7) is 0. The van der Waals surface area contributed by atoms with Crippen molar-refractivity contribution >= 4 is 32.1 Å². The van der Waals surface area contributed by atoms with Gasteiger partial charge in [-0.05, 0) is 11.4 Å². The molecule has 1 rings (SSSR count). The van der Waals surface area contributed by atoms with Gasteiger partial charge in [-0.3, -0.25) is 4.79 Å². The quantitative estimate of drug-likeness (QED) is 0.343. The Balaban J connectivity index is 3.23. The van der Waals surface area contributed by atoms with Crippen LogP contribution in [0.15, 0.2) is 26.9 Å². The zero-order valence-electron chi connectivity index (χ0n) is 8.61. The summed E-state index contributed by atoms with van der Waals surface area (Å²) in [5.41, 5.74) is 0. The van der Waals surface area contributed by atoms with E-state index < -0.39 is 20.8 Å². The molecule has 0 unspecified atom stereocenters. The van der Waals surface area contributed by atoms with Gasteiger partial charge in [0.1, 0.15) is 0 Å². The summed E-state index contributed by atoms with van der Waals surface area (Å²) >= 11 is 1.17. The van der Waals surface area contributed by atoms with Crippen molar-refractivity contribution < 1.29 is 18.4 Å². The molecule has 0 saturated heterocycles. The van der Waals surface area contributed by atoms with E-state index in [-0.39, 0.29) is 4.90 Å². The van der Waals surface area contributed by atoms with Crippen molar-refractivity contribution in [1.29, 1.82) is 0 Å². The van der Waals surface area contributed by atoms with E-state index in [1.807, 2.05) is 0 Å². The van der Waals surface area contributed by atoms with E-state index in [1.165, 1.54) is 36.9 Å². The molecular weight excluding hydrogens is 252 g/mol. The van der Waals surface area contributed by atoms with Crippen LogP contribution < -0.4 is 0 Å². The fourth-order valence-electron chi connectivity index (χ4n) is 0.919. The fourth-order valence-corrected chi connectivity index (χ4v) is 3.19. The number of thiophene rings is 1. The molecule has 1 amide bonds. The zero-order valence-corrected chi connectivity index (χ0v) is 10.2. The number of carbonyl (C=O) groups is 1. The molecule has 0 saturated carbocycles. The predicted molar refractivity (Wildman–Crippen MR) is 59.4 cm³/mol. The number of oxime groups is 1. The Labute approximate surface area is 96.7 Å². The van der Waals surface area contributed by atoms with Gasteiger partial charge in [-0.15, -0.1) is 0 Å².